The van der Waals surface area contributed by atoms with Crippen molar-refractivity contribution in [3.63, 3.8) is 0 Å². The van der Waals surface area contributed by atoms with Crippen LogP contribution in [0, 0.1) is 0 Å². The van der Waals surface area contributed by atoms with Gasteiger partial charge in [0.05, 0.1) is 13.2 Å². The van der Waals surface area contributed by atoms with Crippen LogP contribution in [0.15, 0.2) is 24.3 Å². The summed E-state index contributed by atoms with van der Waals surface area (Å²) in [6.07, 6.45) is 30.9. The van der Waals surface area contributed by atoms with E-state index in [0.29, 0.717) is 13.2 Å². The predicted octanol–water partition coefficient (Wildman–Crippen LogP) is 9.03. The molecule has 0 atom stereocenters. The Balaban J connectivity index is 3.46. The monoisotopic (exact) mass is 478 g/mol. The van der Waals surface area contributed by atoms with Crippen LogP contribution >= 0.6 is 0 Å². The quantitative estimate of drug-likeness (QED) is 0.0568. The van der Waals surface area contributed by atoms with E-state index in [0.717, 1.165) is 25.7 Å². The van der Waals surface area contributed by atoms with Crippen LogP contribution in [0.3, 0.4) is 0 Å². The summed E-state index contributed by atoms with van der Waals surface area (Å²) in [7, 11) is 0. The maximum Gasteiger partial charge on any atom is 0.330 e. The van der Waals surface area contributed by atoms with Gasteiger partial charge in [-0.2, -0.15) is 0 Å². The molecule has 198 valence electrons. The minimum absolute atomic E-state index is 0.362. The lowest BCUT2D eigenvalue weighted by atomic mass is 10.1. The summed E-state index contributed by atoms with van der Waals surface area (Å²) in [6, 6.07) is 0. The first kappa shape index (κ1) is 32.4. The third-order valence-corrected chi connectivity index (χ3v) is 6.06. The number of allylic oxidation sites excluding steroid dienone is 2. The summed E-state index contributed by atoms with van der Waals surface area (Å²) in [5.41, 5.74) is 0. The van der Waals surface area contributed by atoms with E-state index in [2.05, 4.69) is 13.8 Å². The topological polar surface area (TPSA) is 52.6 Å². The molecular formula is C30H54O4. The Morgan fingerprint density at radius 3 is 1.00 bits per heavy atom. The van der Waals surface area contributed by atoms with Crippen molar-refractivity contribution >= 4 is 11.9 Å². The zero-order chi connectivity index (χ0) is 25.0. The summed E-state index contributed by atoms with van der Waals surface area (Å²) in [4.78, 5) is 23.3. The first-order chi connectivity index (χ1) is 16.7. The number of carbonyl (C=O) groups is 2. The largest absolute Gasteiger partial charge is 0.463 e. The lowest BCUT2D eigenvalue weighted by Crippen LogP contribution is -2.03. The van der Waals surface area contributed by atoms with E-state index < -0.39 is 0 Å². The number of ether oxygens (including phenoxy) is 2. The minimum Gasteiger partial charge on any atom is -0.463 e. The zero-order valence-electron chi connectivity index (χ0n) is 22.5. The maximum atomic E-state index is 11.7. The van der Waals surface area contributed by atoms with Crippen LogP contribution in [0.5, 0.6) is 0 Å². The molecule has 0 fully saturated rings. The Bertz CT molecular complexity index is 464. The average Bonchev–Trinajstić information content (AvgIpc) is 2.83. The smallest absolute Gasteiger partial charge is 0.330 e. The van der Waals surface area contributed by atoms with Gasteiger partial charge in [-0.25, -0.2) is 9.59 Å². The molecule has 0 aromatic heterocycles. The van der Waals surface area contributed by atoms with Gasteiger partial charge >= 0.3 is 11.9 Å². The molecule has 0 saturated carbocycles. The van der Waals surface area contributed by atoms with Gasteiger partial charge in [0.1, 0.15) is 0 Å². The van der Waals surface area contributed by atoms with Crippen molar-refractivity contribution in [2.75, 3.05) is 13.2 Å². The summed E-state index contributed by atoms with van der Waals surface area (Å²) in [6.45, 7) is 5.42. The van der Waals surface area contributed by atoms with Gasteiger partial charge in [-0.3, -0.25) is 0 Å². The second-order valence-corrected chi connectivity index (χ2v) is 9.42. The highest BCUT2D eigenvalue weighted by molar-refractivity contribution is 5.84. The van der Waals surface area contributed by atoms with Gasteiger partial charge in [0.15, 0.2) is 0 Å². The molecule has 0 aliphatic rings. The van der Waals surface area contributed by atoms with Gasteiger partial charge in [-0.1, -0.05) is 142 Å². The molecular weight excluding hydrogens is 424 g/mol. The molecule has 0 aliphatic carbocycles. The van der Waals surface area contributed by atoms with Crippen molar-refractivity contribution in [3.05, 3.63) is 24.3 Å². The van der Waals surface area contributed by atoms with E-state index in [1.54, 1.807) is 0 Å². The molecule has 0 rings (SSSR count). The molecule has 4 heteroatoms. The average molecular weight is 479 g/mol. The molecule has 4 nitrogen and oxygen atoms in total. The highest BCUT2D eigenvalue weighted by atomic mass is 16.5. The number of hydrogen-bond donors (Lipinski definition) is 0. The summed E-state index contributed by atoms with van der Waals surface area (Å²) in [5, 5.41) is 0. The van der Waals surface area contributed by atoms with Crippen LogP contribution in [0.25, 0.3) is 0 Å². The SMILES string of the molecule is CCCCCCCCCCCCOC(=O)/C=C/C=C/C(=O)OCCCCCCCCCCCC. The van der Waals surface area contributed by atoms with Crippen molar-refractivity contribution in [2.24, 2.45) is 0 Å². The van der Waals surface area contributed by atoms with Gasteiger partial charge in [-0.05, 0) is 12.8 Å². The second-order valence-electron chi connectivity index (χ2n) is 9.42. The number of carbonyl (C=O) groups excluding carboxylic acids is 2. The molecule has 0 saturated heterocycles. The second kappa shape index (κ2) is 27.7. The molecule has 0 bridgehead atoms. The molecule has 0 radical (unpaired) electrons. The van der Waals surface area contributed by atoms with Crippen LogP contribution in [-0.4, -0.2) is 25.2 Å². The van der Waals surface area contributed by atoms with E-state index in [9.17, 15) is 9.59 Å². The Hall–Kier alpha value is -1.58. The Kier molecular flexibility index (Phi) is 26.4. The van der Waals surface area contributed by atoms with Crippen molar-refractivity contribution in [2.45, 2.75) is 142 Å². The molecule has 0 N–H and O–H groups in total. The molecule has 0 amide bonds. The fourth-order valence-corrected chi connectivity index (χ4v) is 3.89. The lowest BCUT2D eigenvalue weighted by molar-refractivity contribution is -0.138. The fraction of sp³-hybridized carbons (Fsp3) is 0.800. The summed E-state index contributed by atoms with van der Waals surface area (Å²) in [5.74, 6) is -0.724. The van der Waals surface area contributed by atoms with Crippen LogP contribution in [-0.2, 0) is 19.1 Å². The minimum atomic E-state index is -0.362. The Morgan fingerprint density at radius 1 is 0.441 bits per heavy atom. The predicted molar refractivity (Wildman–Crippen MR) is 144 cm³/mol. The van der Waals surface area contributed by atoms with Crippen LogP contribution in [0.2, 0.25) is 0 Å². The molecule has 0 heterocycles. The van der Waals surface area contributed by atoms with Crippen LogP contribution in [0.4, 0.5) is 0 Å². The first-order valence-electron chi connectivity index (χ1n) is 14.4. The molecule has 0 unspecified atom stereocenters. The lowest BCUT2D eigenvalue weighted by Gasteiger charge is -2.03. The van der Waals surface area contributed by atoms with Crippen molar-refractivity contribution < 1.29 is 19.1 Å². The van der Waals surface area contributed by atoms with Crippen molar-refractivity contribution in [1.82, 2.24) is 0 Å². The van der Waals surface area contributed by atoms with E-state index in [1.807, 2.05) is 0 Å². The zero-order valence-corrected chi connectivity index (χ0v) is 22.5. The third-order valence-electron chi connectivity index (χ3n) is 6.06. The third kappa shape index (κ3) is 26.7. The van der Waals surface area contributed by atoms with Crippen molar-refractivity contribution in [1.29, 1.82) is 0 Å². The van der Waals surface area contributed by atoms with E-state index in [4.69, 9.17) is 9.47 Å². The van der Waals surface area contributed by atoms with Gasteiger partial charge in [0, 0.05) is 12.2 Å². The molecule has 0 aliphatic heterocycles. The normalized spacial score (nSPS) is 11.5. The van der Waals surface area contributed by atoms with Gasteiger partial charge < -0.3 is 9.47 Å². The van der Waals surface area contributed by atoms with Gasteiger partial charge in [-0.15, -0.1) is 0 Å². The molecule has 34 heavy (non-hydrogen) atoms. The highest BCUT2D eigenvalue weighted by Crippen LogP contribution is 2.11. The van der Waals surface area contributed by atoms with E-state index in [-0.39, 0.29) is 11.9 Å². The fourth-order valence-electron chi connectivity index (χ4n) is 3.89. The Morgan fingerprint density at radius 2 is 0.706 bits per heavy atom. The van der Waals surface area contributed by atoms with Gasteiger partial charge in [0.2, 0.25) is 0 Å². The van der Waals surface area contributed by atoms with Crippen molar-refractivity contribution in [3.8, 4) is 0 Å². The highest BCUT2D eigenvalue weighted by Gasteiger charge is 1.99. The van der Waals surface area contributed by atoms with Gasteiger partial charge in [0.25, 0.3) is 0 Å². The summed E-state index contributed by atoms with van der Waals surface area (Å²) >= 11 is 0. The van der Waals surface area contributed by atoms with E-state index >= 15 is 0 Å². The number of esters is 2. The number of hydrogen-bond acceptors (Lipinski definition) is 4. The van der Waals surface area contributed by atoms with Crippen LogP contribution in [0.1, 0.15) is 142 Å². The maximum absolute atomic E-state index is 11.7. The Labute approximate surface area is 210 Å². The first-order valence-corrected chi connectivity index (χ1v) is 14.4. The molecule has 0 aromatic carbocycles. The molecule has 0 spiro atoms. The van der Waals surface area contributed by atoms with E-state index in [1.165, 1.54) is 127 Å². The molecule has 0 aromatic rings. The number of unbranched alkanes of at least 4 members (excludes halogenated alkanes) is 18. The summed E-state index contributed by atoms with van der Waals surface area (Å²) < 4.78 is 10.4. The standard InChI is InChI=1S/C30H54O4/c1-3-5-7-9-11-13-15-17-19-23-27-33-29(31)25-21-22-26-30(32)34-28-24-20-18-16-14-12-10-8-6-4-2/h21-22,25-26H,3-20,23-24,27-28H2,1-2H3/b25-21+,26-22+. The van der Waals surface area contributed by atoms with Crippen LogP contribution < -0.4 is 0 Å². The number of rotatable bonds is 25.